The van der Waals surface area contributed by atoms with E-state index < -0.39 is 34.2 Å². The zero-order valence-corrected chi connectivity index (χ0v) is 17.0. The largest absolute Gasteiger partial charge is 0.457 e. The Kier molecular flexibility index (Phi) is 6.47. The Morgan fingerprint density at radius 2 is 1.70 bits per heavy atom. The number of esters is 1. The summed E-state index contributed by atoms with van der Waals surface area (Å²) in [5.41, 5.74) is -0.161. The number of carbonyl (C=O) groups excluding carboxylic acids is 2. The average molecular weight is 438 g/mol. The molecule has 0 atom stereocenters. The van der Waals surface area contributed by atoms with Gasteiger partial charge in [0, 0.05) is 38.7 Å². The number of rotatable bonds is 5. The molecule has 1 saturated heterocycles. The summed E-state index contributed by atoms with van der Waals surface area (Å²) in [5, 5.41) is 0. The lowest BCUT2D eigenvalue weighted by Gasteiger charge is -2.33. The molecule has 0 spiro atoms. The van der Waals surface area contributed by atoms with Crippen LogP contribution >= 0.6 is 0 Å². The predicted octanol–water partition coefficient (Wildman–Crippen LogP) is 2.17. The van der Waals surface area contributed by atoms with Gasteiger partial charge >= 0.3 is 5.97 Å². The first kappa shape index (κ1) is 21.8. The SMILES string of the molecule is CC(=O)N1CCN(S(=O)(=O)c2cccc(C(=O)OCc3cccc(F)c3F)c2)CC1. The van der Waals surface area contributed by atoms with Crippen molar-refractivity contribution in [2.24, 2.45) is 0 Å². The fraction of sp³-hybridized carbons (Fsp3) is 0.300. The Morgan fingerprint density at radius 3 is 2.37 bits per heavy atom. The van der Waals surface area contributed by atoms with Crippen molar-refractivity contribution in [3.8, 4) is 0 Å². The van der Waals surface area contributed by atoms with E-state index in [0.29, 0.717) is 0 Å². The number of sulfonamides is 1. The van der Waals surface area contributed by atoms with Crippen molar-refractivity contribution in [3.05, 3.63) is 65.2 Å². The number of hydrogen-bond donors (Lipinski definition) is 0. The van der Waals surface area contributed by atoms with E-state index in [-0.39, 0.29) is 48.1 Å². The van der Waals surface area contributed by atoms with E-state index >= 15 is 0 Å². The molecule has 10 heteroatoms. The van der Waals surface area contributed by atoms with Crippen LogP contribution in [0.3, 0.4) is 0 Å². The minimum atomic E-state index is -3.87. The molecule has 1 fully saturated rings. The zero-order valence-electron chi connectivity index (χ0n) is 16.2. The maximum Gasteiger partial charge on any atom is 0.338 e. The van der Waals surface area contributed by atoms with Gasteiger partial charge in [-0.15, -0.1) is 0 Å². The van der Waals surface area contributed by atoms with E-state index in [2.05, 4.69) is 0 Å². The van der Waals surface area contributed by atoms with Crippen molar-refractivity contribution < 1.29 is 31.5 Å². The molecular formula is C20H20F2N2O5S. The molecule has 2 aromatic carbocycles. The van der Waals surface area contributed by atoms with Gasteiger partial charge in [-0.1, -0.05) is 18.2 Å². The lowest BCUT2D eigenvalue weighted by atomic mass is 10.2. The van der Waals surface area contributed by atoms with Crippen molar-refractivity contribution >= 4 is 21.9 Å². The number of piperazine rings is 1. The highest BCUT2D eigenvalue weighted by atomic mass is 32.2. The number of nitrogens with zero attached hydrogens (tertiary/aromatic N) is 2. The number of halogens is 2. The second-order valence-corrected chi connectivity index (χ2v) is 8.66. The molecule has 0 unspecified atom stereocenters. The summed E-state index contributed by atoms with van der Waals surface area (Å²) >= 11 is 0. The minimum absolute atomic E-state index is 0.0322. The van der Waals surface area contributed by atoms with E-state index in [1.165, 1.54) is 47.6 Å². The summed E-state index contributed by atoms with van der Waals surface area (Å²) in [6.45, 7) is 1.80. The number of hydrogen-bond acceptors (Lipinski definition) is 5. The Balaban J connectivity index is 1.71. The first-order valence-corrected chi connectivity index (χ1v) is 10.6. The third kappa shape index (κ3) is 4.65. The normalized spacial score (nSPS) is 15.1. The number of ether oxygens (including phenoxy) is 1. The quantitative estimate of drug-likeness (QED) is 0.669. The molecule has 3 rings (SSSR count). The van der Waals surface area contributed by atoms with Gasteiger partial charge in [-0.05, 0) is 24.3 Å². The molecule has 0 saturated carbocycles. The Morgan fingerprint density at radius 1 is 1.03 bits per heavy atom. The van der Waals surface area contributed by atoms with Crippen molar-refractivity contribution in [3.63, 3.8) is 0 Å². The Bertz CT molecular complexity index is 1070. The molecule has 0 aliphatic carbocycles. The molecule has 7 nitrogen and oxygen atoms in total. The molecule has 0 N–H and O–H groups in total. The Hall–Kier alpha value is -2.85. The number of amides is 1. The number of carbonyl (C=O) groups is 2. The van der Waals surface area contributed by atoms with Crippen LogP contribution < -0.4 is 0 Å². The van der Waals surface area contributed by atoms with Gasteiger partial charge in [0.05, 0.1) is 10.5 Å². The van der Waals surface area contributed by atoms with Crippen molar-refractivity contribution in [1.82, 2.24) is 9.21 Å². The molecule has 0 bridgehead atoms. The summed E-state index contributed by atoms with van der Waals surface area (Å²) in [6.07, 6.45) is 0. The van der Waals surface area contributed by atoms with Crippen molar-refractivity contribution in [2.75, 3.05) is 26.2 Å². The van der Waals surface area contributed by atoms with Crippen molar-refractivity contribution in [1.29, 1.82) is 0 Å². The van der Waals surface area contributed by atoms with E-state index in [9.17, 15) is 26.8 Å². The van der Waals surface area contributed by atoms with Gasteiger partial charge in [-0.2, -0.15) is 4.31 Å². The van der Waals surface area contributed by atoms with E-state index in [1.54, 1.807) is 4.90 Å². The maximum atomic E-state index is 13.7. The van der Waals surface area contributed by atoms with Crippen LogP contribution in [0.15, 0.2) is 47.4 Å². The molecule has 1 heterocycles. The summed E-state index contributed by atoms with van der Waals surface area (Å²) in [4.78, 5) is 25.2. The minimum Gasteiger partial charge on any atom is -0.457 e. The predicted molar refractivity (Wildman–Crippen MR) is 103 cm³/mol. The number of benzene rings is 2. The van der Waals surface area contributed by atoms with Crippen molar-refractivity contribution in [2.45, 2.75) is 18.4 Å². The first-order chi connectivity index (χ1) is 14.2. The van der Waals surface area contributed by atoms with Crippen LogP contribution in [0.4, 0.5) is 8.78 Å². The van der Waals surface area contributed by atoms with Crippen LogP contribution in [0, 0.1) is 11.6 Å². The first-order valence-electron chi connectivity index (χ1n) is 9.16. The fourth-order valence-electron chi connectivity index (χ4n) is 3.06. The van der Waals surface area contributed by atoms with Crippen LogP contribution in [0.1, 0.15) is 22.8 Å². The van der Waals surface area contributed by atoms with E-state index in [0.717, 1.165) is 6.07 Å². The van der Waals surface area contributed by atoms with Gasteiger partial charge < -0.3 is 9.64 Å². The van der Waals surface area contributed by atoms with Gasteiger partial charge in [0.2, 0.25) is 15.9 Å². The standard InChI is InChI=1S/C20H20F2N2O5S/c1-14(25)23-8-10-24(11-9-23)30(27,28)17-6-2-4-15(12-17)20(26)29-13-16-5-3-7-18(21)19(16)22/h2-7,12H,8-11,13H2,1H3. The second kappa shape index (κ2) is 8.88. The summed E-state index contributed by atoms with van der Waals surface area (Å²) in [5.74, 6) is -3.14. The van der Waals surface area contributed by atoms with Crippen LogP contribution in [0.2, 0.25) is 0 Å². The third-order valence-electron chi connectivity index (χ3n) is 4.78. The van der Waals surface area contributed by atoms with Crippen LogP contribution in [0.5, 0.6) is 0 Å². The third-order valence-corrected chi connectivity index (χ3v) is 6.68. The highest BCUT2D eigenvalue weighted by Crippen LogP contribution is 2.20. The van der Waals surface area contributed by atoms with E-state index in [1.807, 2.05) is 0 Å². The molecule has 160 valence electrons. The lowest BCUT2D eigenvalue weighted by molar-refractivity contribution is -0.129. The Labute approximate surface area is 172 Å². The fourth-order valence-corrected chi connectivity index (χ4v) is 4.53. The lowest BCUT2D eigenvalue weighted by Crippen LogP contribution is -2.49. The maximum absolute atomic E-state index is 13.7. The van der Waals surface area contributed by atoms with Crippen LogP contribution in [0.25, 0.3) is 0 Å². The van der Waals surface area contributed by atoms with Crippen LogP contribution in [-0.2, 0) is 26.2 Å². The monoisotopic (exact) mass is 438 g/mol. The average Bonchev–Trinajstić information content (AvgIpc) is 2.74. The smallest absolute Gasteiger partial charge is 0.338 e. The molecule has 30 heavy (non-hydrogen) atoms. The summed E-state index contributed by atoms with van der Waals surface area (Å²) in [7, 11) is -3.87. The molecular weight excluding hydrogens is 418 g/mol. The summed E-state index contributed by atoms with van der Waals surface area (Å²) in [6, 6.07) is 8.83. The molecule has 1 amide bonds. The van der Waals surface area contributed by atoms with Gasteiger partial charge in [0.25, 0.3) is 0 Å². The zero-order chi connectivity index (χ0) is 21.9. The topological polar surface area (TPSA) is 84.0 Å². The van der Waals surface area contributed by atoms with Gasteiger partial charge in [-0.3, -0.25) is 4.79 Å². The molecule has 1 aliphatic heterocycles. The van der Waals surface area contributed by atoms with Gasteiger partial charge in [0.15, 0.2) is 11.6 Å². The molecule has 1 aliphatic rings. The summed E-state index contributed by atoms with van der Waals surface area (Å²) < 4.78 is 58.9. The van der Waals surface area contributed by atoms with Gasteiger partial charge in [-0.25, -0.2) is 22.0 Å². The molecule has 2 aromatic rings. The molecule has 0 aromatic heterocycles. The molecule has 0 radical (unpaired) electrons. The van der Waals surface area contributed by atoms with E-state index in [4.69, 9.17) is 4.74 Å². The highest BCUT2D eigenvalue weighted by molar-refractivity contribution is 7.89. The highest BCUT2D eigenvalue weighted by Gasteiger charge is 2.29. The van der Waals surface area contributed by atoms with Gasteiger partial charge in [0.1, 0.15) is 6.61 Å². The second-order valence-electron chi connectivity index (χ2n) is 6.73. The van der Waals surface area contributed by atoms with Crippen LogP contribution in [-0.4, -0.2) is 55.7 Å².